The predicted molar refractivity (Wildman–Crippen MR) is 91.1 cm³/mol. The normalized spacial score (nSPS) is 18.0. The van der Waals surface area contributed by atoms with E-state index in [4.69, 9.17) is 0 Å². The van der Waals surface area contributed by atoms with Gasteiger partial charge in [-0.15, -0.1) is 0 Å². The first kappa shape index (κ1) is 14.1. The molecule has 0 spiro atoms. The summed E-state index contributed by atoms with van der Waals surface area (Å²) in [6, 6.07) is 12.0. The molecular formula is C18H20N4O. The van der Waals surface area contributed by atoms with Gasteiger partial charge in [-0.3, -0.25) is 4.90 Å². The van der Waals surface area contributed by atoms with E-state index in [0.29, 0.717) is 6.54 Å². The molecule has 5 heteroatoms. The van der Waals surface area contributed by atoms with Crippen molar-refractivity contribution >= 4 is 23.2 Å². The number of pyridine rings is 1. The first-order valence-electron chi connectivity index (χ1n) is 7.97. The maximum Gasteiger partial charge on any atom is 0.329 e. The molecule has 0 bridgehead atoms. The van der Waals surface area contributed by atoms with Crippen LogP contribution in [0, 0.1) is 5.92 Å². The topological polar surface area (TPSA) is 39.7 Å². The Bertz CT molecular complexity index is 737. The maximum atomic E-state index is 12.6. The molecule has 2 aliphatic rings. The van der Waals surface area contributed by atoms with Gasteiger partial charge in [0.05, 0.1) is 17.6 Å². The predicted octanol–water partition coefficient (Wildman–Crippen LogP) is 3.24. The van der Waals surface area contributed by atoms with Crippen LogP contribution in [0.5, 0.6) is 0 Å². The summed E-state index contributed by atoms with van der Waals surface area (Å²) in [4.78, 5) is 22.9. The molecule has 118 valence electrons. The zero-order valence-electron chi connectivity index (χ0n) is 13.4. The van der Waals surface area contributed by atoms with E-state index in [9.17, 15) is 4.79 Å². The second-order valence-electron chi connectivity index (χ2n) is 6.49. The number of fused-ring (bicyclic) bond motifs is 1. The van der Waals surface area contributed by atoms with Crippen LogP contribution in [-0.4, -0.2) is 36.1 Å². The molecule has 0 N–H and O–H groups in total. The first-order chi connectivity index (χ1) is 11.1. The van der Waals surface area contributed by atoms with Crippen LogP contribution in [0.4, 0.5) is 22.0 Å². The largest absolute Gasteiger partial charge is 0.356 e. The van der Waals surface area contributed by atoms with Crippen LogP contribution in [-0.2, 0) is 6.54 Å². The van der Waals surface area contributed by atoms with E-state index in [1.165, 1.54) is 0 Å². The number of carbonyl (C=O) groups excluding carboxylic acids is 1. The van der Waals surface area contributed by atoms with Gasteiger partial charge in [0.1, 0.15) is 5.82 Å². The maximum absolute atomic E-state index is 12.6. The number of carbonyl (C=O) groups is 1. The summed E-state index contributed by atoms with van der Waals surface area (Å²) in [5, 5.41) is 0. The Hall–Kier alpha value is -2.56. The molecule has 1 aromatic heterocycles. The number of anilines is 3. The highest BCUT2D eigenvalue weighted by Crippen LogP contribution is 2.34. The van der Waals surface area contributed by atoms with E-state index in [1.807, 2.05) is 37.4 Å². The molecule has 0 atom stereocenters. The lowest BCUT2D eigenvalue weighted by atomic mass is 10.0. The fourth-order valence-corrected chi connectivity index (χ4v) is 3.29. The van der Waals surface area contributed by atoms with Crippen molar-refractivity contribution in [2.75, 3.05) is 29.9 Å². The summed E-state index contributed by atoms with van der Waals surface area (Å²) in [5.41, 5.74) is 2.91. The molecule has 4 rings (SSSR count). The number of amides is 2. The number of aromatic nitrogens is 1. The highest BCUT2D eigenvalue weighted by Gasteiger charge is 2.30. The van der Waals surface area contributed by atoms with E-state index >= 15 is 0 Å². The Morgan fingerprint density at radius 2 is 1.91 bits per heavy atom. The van der Waals surface area contributed by atoms with Crippen LogP contribution in [0.15, 0.2) is 42.6 Å². The lowest BCUT2D eigenvalue weighted by molar-refractivity contribution is 0.213. The Morgan fingerprint density at radius 3 is 2.61 bits per heavy atom. The number of benzene rings is 1. The van der Waals surface area contributed by atoms with Crippen LogP contribution >= 0.6 is 0 Å². The van der Waals surface area contributed by atoms with E-state index in [0.717, 1.165) is 41.8 Å². The van der Waals surface area contributed by atoms with Gasteiger partial charge in [-0.2, -0.15) is 0 Å². The van der Waals surface area contributed by atoms with Crippen LogP contribution < -0.4 is 9.80 Å². The van der Waals surface area contributed by atoms with Gasteiger partial charge in [0, 0.05) is 26.7 Å². The van der Waals surface area contributed by atoms with Crippen LogP contribution in [0.2, 0.25) is 0 Å². The summed E-state index contributed by atoms with van der Waals surface area (Å²) in [5.74, 6) is 1.72. The lowest BCUT2D eigenvalue weighted by Crippen LogP contribution is -2.45. The standard InChI is InChI=1S/C18H20N4O/c1-13-10-21(11-13)17-8-7-15(9-19-17)22-16-6-4-3-5-14(16)12-20(2)18(22)23/h3-9,13H,10-12H2,1-2H3. The summed E-state index contributed by atoms with van der Waals surface area (Å²) in [6.45, 7) is 4.99. The van der Waals surface area contributed by atoms with E-state index in [2.05, 4.69) is 22.9 Å². The first-order valence-corrected chi connectivity index (χ1v) is 7.97. The third-order valence-corrected chi connectivity index (χ3v) is 4.54. The summed E-state index contributed by atoms with van der Waals surface area (Å²) >= 11 is 0. The fraction of sp³-hybridized carbons (Fsp3) is 0.333. The molecule has 2 aliphatic heterocycles. The summed E-state index contributed by atoms with van der Waals surface area (Å²) < 4.78 is 0. The van der Waals surface area contributed by atoms with Crippen molar-refractivity contribution in [3.05, 3.63) is 48.2 Å². The Kier molecular flexibility index (Phi) is 3.22. The fourth-order valence-electron chi connectivity index (χ4n) is 3.29. The molecule has 2 amide bonds. The number of nitrogens with zero attached hydrogens (tertiary/aromatic N) is 4. The van der Waals surface area contributed by atoms with Crippen molar-refractivity contribution in [3.8, 4) is 0 Å². The molecule has 0 radical (unpaired) electrons. The number of urea groups is 1. The Balaban J connectivity index is 1.67. The number of hydrogen-bond acceptors (Lipinski definition) is 3. The minimum absolute atomic E-state index is 0.0178. The molecule has 0 aliphatic carbocycles. The van der Waals surface area contributed by atoms with Crippen LogP contribution in [0.3, 0.4) is 0 Å². The molecule has 3 heterocycles. The molecule has 2 aromatic rings. The Morgan fingerprint density at radius 1 is 1.13 bits per heavy atom. The highest BCUT2D eigenvalue weighted by atomic mass is 16.2. The number of hydrogen-bond donors (Lipinski definition) is 0. The molecular weight excluding hydrogens is 288 g/mol. The second-order valence-corrected chi connectivity index (χ2v) is 6.49. The molecule has 0 unspecified atom stereocenters. The van der Waals surface area contributed by atoms with Gasteiger partial charge >= 0.3 is 6.03 Å². The molecule has 0 saturated carbocycles. The van der Waals surface area contributed by atoms with Gasteiger partial charge in [-0.25, -0.2) is 9.78 Å². The molecule has 5 nitrogen and oxygen atoms in total. The van der Waals surface area contributed by atoms with Crippen molar-refractivity contribution in [2.24, 2.45) is 5.92 Å². The smallest absolute Gasteiger partial charge is 0.329 e. The van der Waals surface area contributed by atoms with Crippen molar-refractivity contribution in [3.63, 3.8) is 0 Å². The molecule has 1 saturated heterocycles. The summed E-state index contributed by atoms with van der Waals surface area (Å²) in [6.07, 6.45) is 1.80. The van der Waals surface area contributed by atoms with Crippen LogP contribution in [0.25, 0.3) is 0 Å². The van der Waals surface area contributed by atoms with Crippen LogP contribution in [0.1, 0.15) is 12.5 Å². The van der Waals surface area contributed by atoms with Gasteiger partial charge in [0.25, 0.3) is 0 Å². The Labute approximate surface area is 136 Å². The van der Waals surface area contributed by atoms with Gasteiger partial charge in [0.2, 0.25) is 0 Å². The van der Waals surface area contributed by atoms with Crippen molar-refractivity contribution < 1.29 is 4.79 Å². The molecule has 23 heavy (non-hydrogen) atoms. The minimum Gasteiger partial charge on any atom is -0.356 e. The summed E-state index contributed by atoms with van der Waals surface area (Å²) in [7, 11) is 1.83. The highest BCUT2D eigenvalue weighted by molar-refractivity contribution is 6.01. The zero-order valence-corrected chi connectivity index (χ0v) is 13.4. The number of rotatable bonds is 2. The zero-order chi connectivity index (χ0) is 16.0. The van der Waals surface area contributed by atoms with E-state index < -0.39 is 0 Å². The average molecular weight is 308 g/mol. The van der Waals surface area contributed by atoms with Gasteiger partial charge in [0.15, 0.2) is 0 Å². The van der Waals surface area contributed by atoms with Crippen molar-refractivity contribution in [1.82, 2.24) is 9.88 Å². The SMILES string of the molecule is CC1CN(c2ccc(N3C(=O)N(C)Cc4ccccc43)cn2)C1. The van der Waals surface area contributed by atoms with E-state index in [1.54, 1.807) is 16.0 Å². The van der Waals surface area contributed by atoms with Crippen molar-refractivity contribution in [1.29, 1.82) is 0 Å². The van der Waals surface area contributed by atoms with E-state index in [-0.39, 0.29) is 6.03 Å². The van der Waals surface area contributed by atoms with Crippen molar-refractivity contribution in [2.45, 2.75) is 13.5 Å². The quantitative estimate of drug-likeness (QED) is 0.855. The lowest BCUT2D eigenvalue weighted by Gasteiger charge is -2.38. The van der Waals surface area contributed by atoms with Gasteiger partial charge < -0.3 is 9.80 Å². The number of para-hydroxylation sites is 1. The third kappa shape index (κ3) is 2.32. The average Bonchev–Trinajstić information content (AvgIpc) is 2.54. The minimum atomic E-state index is -0.0178. The second kappa shape index (κ2) is 5.26. The molecule has 1 fully saturated rings. The molecule has 1 aromatic carbocycles. The monoisotopic (exact) mass is 308 g/mol. The van der Waals surface area contributed by atoms with Gasteiger partial charge in [-0.1, -0.05) is 25.1 Å². The van der Waals surface area contributed by atoms with Gasteiger partial charge in [-0.05, 0) is 29.7 Å². The third-order valence-electron chi connectivity index (χ3n) is 4.54.